The largest absolute Gasteiger partial charge is 0.416 e. The molecule has 4 rings (SSSR count). The van der Waals surface area contributed by atoms with Gasteiger partial charge in [-0.25, -0.2) is 4.98 Å². The lowest BCUT2D eigenvalue weighted by Crippen LogP contribution is -2.26. The highest BCUT2D eigenvalue weighted by molar-refractivity contribution is 7.99. The average molecular weight is 606 g/mol. The van der Waals surface area contributed by atoms with E-state index >= 15 is 0 Å². The number of unbranched alkanes of at least 4 members (excludes halogenated alkanes) is 1. The van der Waals surface area contributed by atoms with E-state index in [2.05, 4.69) is 16.8 Å². The van der Waals surface area contributed by atoms with E-state index in [-0.39, 0.29) is 12.6 Å². The molecule has 0 aliphatic heterocycles. The van der Waals surface area contributed by atoms with E-state index < -0.39 is 35.0 Å². The first-order valence-corrected chi connectivity index (χ1v) is 14.4. The molecule has 0 bridgehead atoms. The third-order valence-corrected chi connectivity index (χ3v) is 7.51. The smallest absolute Gasteiger partial charge is 0.352 e. The monoisotopic (exact) mass is 605 g/mol. The van der Waals surface area contributed by atoms with E-state index in [0.717, 1.165) is 47.1 Å². The van der Waals surface area contributed by atoms with Gasteiger partial charge in [0, 0.05) is 35.5 Å². The maximum absolute atomic E-state index is 13.2. The van der Waals surface area contributed by atoms with Crippen molar-refractivity contribution in [3.63, 3.8) is 0 Å². The molecular weight excluding hydrogens is 576 g/mol. The van der Waals surface area contributed by atoms with Gasteiger partial charge in [0.1, 0.15) is 0 Å². The normalized spacial score (nSPS) is 12.0. The zero-order valence-corrected chi connectivity index (χ0v) is 23.5. The van der Waals surface area contributed by atoms with Crippen molar-refractivity contribution in [1.82, 2.24) is 14.9 Å². The number of benzene rings is 3. The summed E-state index contributed by atoms with van der Waals surface area (Å²) in [5.74, 6) is -0.485. The van der Waals surface area contributed by atoms with Crippen LogP contribution in [-0.2, 0) is 18.9 Å². The van der Waals surface area contributed by atoms with Crippen LogP contribution in [-0.4, -0.2) is 27.8 Å². The molecule has 4 aromatic rings. The van der Waals surface area contributed by atoms with Crippen molar-refractivity contribution in [1.29, 1.82) is 0 Å². The summed E-state index contributed by atoms with van der Waals surface area (Å²) in [5, 5.41) is 3.24. The number of imidazole rings is 1. The Kier molecular flexibility index (Phi) is 10.0. The number of alkyl halides is 6. The molecule has 1 aromatic heterocycles. The molecule has 11 heteroatoms. The van der Waals surface area contributed by atoms with Crippen LogP contribution in [0.5, 0.6) is 0 Å². The highest BCUT2D eigenvalue weighted by Gasteiger charge is 2.37. The van der Waals surface area contributed by atoms with E-state index in [4.69, 9.17) is 4.98 Å². The number of rotatable bonds is 11. The summed E-state index contributed by atoms with van der Waals surface area (Å²) in [6.45, 7) is 2.92. The summed E-state index contributed by atoms with van der Waals surface area (Å²) in [6, 6.07) is 20.7. The second-order valence-electron chi connectivity index (χ2n) is 9.58. The maximum Gasteiger partial charge on any atom is 0.416 e. The fourth-order valence-corrected chi connectivity index (χ4v) is 5.34. The van der Waals surface area contributed by atoms with Crippen LogP contribution in [0.15, 0.2) is 84.0 Å². The van der Waals surface area contributed by atoms with E-state index in [1.54, 1.807) is 0 Å². The van der Waals surface area contributed by atoms with Crippen LogP contribution in [0.3, 0.4) is 0 Å². The van der Waals surface area contributed by atoms with Crippen LogP contribution >= 0.6 is 11.8 Å². The minimum absolute atomic E-state index is 0.00147. The van der Waals surface area contributed by atoms with Crippen molar-refractivity contribution in [2.24, 2.45) is 0 Å². The first kappa shape index (κ1) is 31.2. The number of amides is 1. The Balaban J connectivity index is 1.49. The van der Waals surface area contributed by atoms with Crippen LogP contribution in [0.25, 0.3) is 22.5 Å². The van der Waals surface area contributed by atoms with E-state index in [0.29, 0.717) is 24.3 Å². The molecule has 222 valence electrons. The number of nitrogens with one attached hydrogen (secondary N) is 1. The van der Waals surface area contributed by atoms with E-state index in [9.17, 15) is 31.1 Å². The van der Waals surface area contributed by atoms with Gasteiger partial charge >= 0.3 is 12.4 Å². The van der Waals surface area contributed by atoms with Crippen molar-refractivity contribution in [3.05, 3.63) is 95.6 Å². The molecule has 0 spiro atoms. The van der Waals surface area contributed by atoms with Gasteiger partial charge in [-0.15, -0.1) is 0 Å². The van der Waals surface area contributed by atoms with Gasteiger partial charge in [0.15, 0.2) is 5.16 Å². The van der Waals surface area contributed by atoms with Crippen molar-refractivity contribution in [2.45, 2.75) is 50.2 Å². The Labute approximate surface area is 244 Å². The topological polar surface area (TPSA) is 46.9 Å². The quantitative estimate of drug-likeness (QED) is 0.105. The second-order valence-corrected chi connectivity index (χ2v) is 10.6. The Bertz CT molecular complexity index is 1450. The van der Waals surface area contributed by atoms with Gasteiger partial charge in [-0.2, -0.15) is 26.3 Å². The summed E-state index contributed by atoms with van der Waals surface area (Å²) in [7, 11) is 0. The van der Waals surface area contributed by atoms with Crippen molar-refractivity contribution < 1.29 is 31.1 Å². The van der Waals surface area contributed by atoms with Gasteiger partial charge in [-0.3, -0.25) is 4.79 Å². The molecule has 0 radical (unpaired) electrons. The molecule has 4 nitrogen and oxygen atoms in total. The predicted octanol–water partition coefficient (Wildman–Crippen LogP) is 8.97. The molecule has 0 unspecified atom stereocenters. The standard InChI is InChI=1S/C31H29F6N3OS/c1-2-3-16-40-27(22-13-8-5-9-14-22)26(21-11-6-4-7-12-21)39-29(40)42-17-10-15-38-28(41)23-18-24(30(32,33)34)20-25(19-23)31(35,36)37/h4-9,11-14,18-20H,2-3,10,15-17H2,1H3,(H,38,41). The highest BCUT2D eigenvalue weighted by Crippen LogP contribution is 2.37. The summed E-state index contributed by atoms with van der Waals surface area (Å²) in [5.41, 5.74) is 0.0916. The van der Waals surface area contributed by atoms with Crippen LogP contribution < -0.4 is 5.32 Å². The molecular formula is C31H29F6N3OS. The number of nitrogens with zero attached hydrogens (tertiary/aromatic N) is 2. The molecule has 0 saturated heterocycles. The average Bonchev–Trinajstić information content (AvgIpc) is 3.33. The third-order valence-electron chi connectivity index (χ3n) is 6.45. The van der Waals surface area contributed by atoms with Crippen molar-refractivity contribution in [2.75, 3.05) is 12.3 Å². The number of halogens is 6. The van der Waals surface area contributed by atoms with Crippen molar-refractivity contribution in [3.8, 4) is 22.5 Å². The number of thioether (sulfide) groups is 1. The van der Waals surface area contributed by atoms with Gasteiger partial charge in [-0.05, 0) is 31.0 Å². The summed E-state index contributed by atoms with van der Waals surface area (Å²) in [6.07, 6.45) is -7.71. The first-order chi connectivity index (χ1) is 20.0. The predicted molar refractivity (Wildman–Crippen MR) is 152 cm³/mol. The van der Waals surface area contributed by atoms with E-state index in [1.165, 1.54) is 11.8 Å². The molecule has 1 N–H and O–H groups in total. The molecule has 3 aromatic carbocycles. The molecule has 0 aliphatic carbocycles. The molecule has 0 aliphatic rings. The van der Waals surface area contributed by atoms with Crippen LogP contribution in [0.1, 0.15) is 47.7 Å². The number of carbonyl (C=O) groups is 1. The number of carbonyl (C=O) groups excluding carboxylic acids is 1. The fraction of sp³-hybridized carbons (Fsp3) is 0.290. The second kappa shape index (κ2) is 13.5. The number of hydrogen-bond acceptors (Lipinski definition) is 3. The lowest BCUT2D eigenvalue weighted by atomic mass is 10.0. The molecule has 0 saturated carbocycles. The van der Waals surface area contributed by atoms with Crippen LogP contribution in [0.4, 0.5) is 26.3 Å². The van der Waals surface area contributed by atoms with Gasteiger partial charge in [0.2, 0.25) is 0 Å². The minimum Gasteiger partial charge on any atom is -0.352 e. The van der Waals surface area contributed by atoms with Gasteiger partial charge in [0.05, 0.1) is 22.5 Å². The fourth-order valence-electron chi connectivity index (χ4n) is 4.38. The van der Waals surface area contributed by atoms with E-state index in [1.807, 2.05) is 60.7 Å². The molecule has 42 heavy (non-hydrogen) atoms. The SMILES string of the molecule is CCCCn1c(SCCCNC(=O)c2cc(C(F)(F)F)cc(C(F)(F)F)c2)nc(-c2ccccc2)c1-c1ccccc1. The molecule has 0 fully saturated rings. The number of hydrogen-bond donors (Lipinski definition) is 1. The Morgan fingerprint density at radius 2 is 1.40 bits per heavy atom. The molecule has 1 amide bonds. The zero-order chi connectivity index (χ0) is 30.3. The van der Waals surface area contributed by atoms with Crippen LogP contribution in [0.2, 0.25) is 0 Å². The Morgan fingerprint density at radius 3 is 1.95 bits per heavy atom. The van der Waals surface area contributed by atoms with Crippen LogP contribution in [0, 0.1) is 0 Å². The first-order valence-electron chi connectivity index (χ1n) is 13.4. The lowest BCUT2D eigenvalue weighted by molar-refractivity contribution is -0.143. The van der Waals surface area contributed by atoms with Crippen molar-refractivity contribution >= 4 is 17.7 Å². The van der Waals surface area contributed by atoms with Gasteiger partial charge in [-0.1, -0.05) is 85.8 Å². The molecule has 0 atom stereocenters. The summed E-state index contributed by atoms with van der Waals surface area (Å²) in [4.78, 5) is 17.5. The maximum atomic E-state index is 13.2. The van der Waals surface area contributed by atoms with Gasteiger partial charge in [0.25, 0.3) is 5.91 Å². The highest BCUT2D eigenvalue weighted by atomic mass is 32.2. The zero-order valence-electron chi connectivity index (χ0n) is 22.7. The van der Waals surface area contributed by atoms with Gasteiger partial charge < -0.3 is 9.88 Å². The summed E-state index contributed by atoms with van der Waals surface area (Å²) >= 11 is 1.48. The summed E-state index contributed by atoms with van der Waals surface area (Å²) < 4.78 is 81.1. The number of aromatic nitrogens is 2. The minimum atomic E-state index is -5.02. The Morgan fingerprint density at radius 1 is 0.833 bits per heavy atom. The Hall–Kier alpha value is -3.73. The molecule has 1 heterocycles. The third kappa shape index (κ3) is 7.76. The lowest BCUT2D eigenvalue weighted by Gasteiger charge is -2.14.